The van der Waals surface area contributed by atoms with Gasteiger partial charge in [0, 0.05) is 0 Å². The van der Waals surface area contributed by atoms with Crippen LogP contribution in [0.3, 0.4) is 0 Å². The van der Waals surface area contributed by atoms with Crippen molar-refractivity contribution >= 4 is 0 Å². The number of rotatable bonds is 9. The second-order valence-electron chi connectivity index (χ2n) is 10.4. The molecule has 0 N–H and O–H groups in total. The lowest BCUT2D eigenvalue weighted by Gasteiger charge is -2.36. The first-order valence-corrected chi connectivity index (χ1v) is 10.7. The molecule has 0 amide bonds. The maximum Gasteiger partial charge on any atom is 0.0724 e. The Morgan fingerprint density at radius 1 is 0.923 bits per heavy atom. The third kappa shape index (κ3) is 7.06. The van der Waals surface area contributed by atoms with E-state index in [4.69, 9.17) is 4.74 Å². The van der Waals surface area contributed by atoms with Gasteiger partial charge in [-0.3, -0.25) is 0 Å². The molecule has 0 saturated heterocycles. The molecule has 150 valence electrons. The van der Waals surface area contributed by atoms with E-state index in [1.54, 1.807) is 0 Å². The standard InChI is InChI=1S/C25H44O/c1-10-16-25(11-2,12-3)26-19-20-14-13-15-21(17-20)22(24(7,8)9)18-23(4,5)6/h13-15,17,22H,10-12,16,18-19H2,1-9H3. The van der Waals surface area contributed by atoms with Crippen LogP contribution in [-0.4, -0.2) is 5.60 Å². The SMILES string of the molecule is CCCC(CC)(CC)OCc1cccc(C(CC(C)(C)C)C(C)(C)C)c1. The van der Waals surface area contributed by atoms with Gasteiger partial charge >= 0.3 is 0 Å². The predicted molar refractivity (Wildman–Crippen MR) is 116 cm³/mol. The third-order valence-corrected chi connectivity index (χ3v) is 5.75. The summed E-state index contributed by atoms with van der Waals surface area (Å²) in [7, 11) is 0. The maximum atomic E-state index is 6.48. The normalized spacial score (nSPS) is 14.5. The molecular formula is C25H44O. The summed E-state index contributed by atoms with van der Waals surface area (Å²) in [6.07, 6.45) is 5.70. The van der Waals surface area contributed by atoms with E-state index in [-0.39, 0.29) is 11.0 Å². The second-order valence-corrected chi connectivity index (χ2v) is 10.4. The van der Waals surface area contributed by atoms with Crippen LogP contribution in [0.25, 0.3) is 0 Å². The van der Waals surface area contributed by atoms with E-state index in [1.165, 1.54) is 24.0 Å². The molecule has 0 bridgehead atoms. The molecule has 0 radical (unpaired) electrons. The highest BCUT2D eigenvalue weighted by atomic mass is 16.5. The Kier molecular flexibility index (Phi) is 8.39. The minimum absolute atomic E-state index is 0.0413. The van der Waals surface area contributed by atoms with Gasteiger partial charge in [0.15, 0.2) is 0 Å². The number of hydrogen-bond donors (Lipinski definition) is 0. The molecule has 26 heavy (non-hydrogen) atoms. The van der Waals surface area contributed by atoms with E-state index in [0.29, 0.717) is 11.3 Å². The minimum atomic E-state index is 0.0413. The largest absolute Gasteiger partial charge is 0.370 e. The van der Waals surface area contributed by atoms with Crippen molar-refractivity contribution in [2.24, 2.45) is 10.8 Å². The Hall–Kier alpha value is -0.820. The molecule has 0 fully saturated rings. The average Bonchev–Trinajstić information content (AvgIpc) is 2.55. The van der Waals surface area contributed by atoms with Gasteiger partial charge in [-0.05, 0) is 53.6 Å². The summed E-state index contributed by atoms with van der Waals surface area (Å²) >= 11 is 0. The first-order chi connectivity index (χ1) is 12.0. The molecule has 0 aliphatic heterocycles. The van der Waals surface area contributed by atoms with Gasteiger partial charge in [0.2, 0.25) is 0 Å². The lowest BCUT2D eigenvalue weighted by Crippen LogP contribution is -2.30. The Bertz CT molecular complexity index is 526. The van der Waals surface area contributed by atoms with Crippen molar-refractivity contribution in [3.8, 4) is 0 Å². The predicted octanol–water partition coefficient (Wildman–Crippen LogP) is 8.13. The fourth-order valence-corrected chi connectivity index (χ4v) is 4.01. The highest BCUT2D eigenvalue weighted by Gasteiger charge is 2.31. The Balaban J connectivity index is 3.01. The zero-order chi connectivity index (χ0) is 20.0. The molecular weight excluding hydrogens is 316 g/mol. The van der Waals surface area contributed by atoms with E-state index >= 15 is 0 Å². The third-order valence-electron chi connectivity index (χ3n) is 5.75. The van der Waals surface area contributed by atoms with Gasteiger partial charge in [-0.1, -0.05) is 93.0 Å². The van der Waals surface area contributed by atoms with Crippen LogP contribution in [-0.2, 0) is 11.3 Å². The van der Waals surface area contributed by atoms with E-state index < -0.39 is 0 Å². The summed E-state index contributed by atoms with van der Waals surface area (Å²) in [4.78, 5) is 0. The van der Waals surface area contributed by atoms with E-state index in [2.05, 4.69) is 86.6 Å². The molecule has 1 unspecified atom stereocenters. The monoisotopic (exact) mass is 360 g/mol. The van der Waals surface area contributed by atoms with Crippen LogP contribution in [0.4, 0.5) is 0 Å². The van der Waals surface area contributed by atoms with Crippen molar-refractivity contribution in [3.63, 3.8) is 0 Å². The molecule has 0 aliphatic rings. The zero-order valence-corrected chi connectivity index (χ0v) is 19.0. The molecule has 1 nitrogen and oxygen atoms in total. The van der Waals surface area contributed by atoms with Gasteiger partial charge < -0.3 is 4.74 Å². The first-order valence-electron chi connectivity index (χ1n) is 10.7. The van der Waals surface area contributed by atoms with Crippen LogP contribution in [0.15, 0.2) is 24.3 Å². The summed E-state index contributed by atoms with van der Waals surface area (Å²) in [6, 6.07) is 9.14. The van der Waals surface area contributed by atoms with Gasteiger partial charge in [0.1, 0.15) is 0 Å². The van der Waals surface area contributed by atoms with E-state index in [1.807, 2.05) is 0 Å². The Morgan fingerprint density at radius 2 is 1.54 bits per heavy atom. The van der Waals surface area contributed by atoms with Gasteiger partial charge in [-0.15, -0.1) is 0 Å². The molecule has 1 heteroatoms. The van der Waals surface area contributed by atoms with Crippen LogP contribution in [0, 0.1) is 10.8 Å². The van der Waals surface area contributed by atoms with Gasteiger partial charge in [-0.25, -0.2) is 0 Å². The Labute approximate surface area is 163 Å². The van der Waals surface area contributed by atoms with Crippen LogP contribution in [0.5, 0.6) is 0 Å². The molecule has 1 aromatic rings. The lowest BCUT2D eigenvalue weighted by molar-refractivity contribution is -0.0684. The molecule has 1 atom stereocenters. The smallest absolute Gasteiger partial charge is 0.0724 e. The summed E-state index contributed by atoms with van der Waals surface area (Å²) in [5.41, 5.74) is 3.40. The second kappa shape index (κ2) is 9.40. The quantitative estimate of drug-likeness (QED) is 0.432. The summed E-state index contributed by atoms with van der Waals surface area (Å²) in [5, 5.41) is 0. The van der Waals surface area contributed by atoms with Gasteiger partial charge in [0.25, 0.3) is 0 Å². The molecule has 1 rings (SSSR count). The highest BCUT2D eigenvalue weighted by Crippen LogP contribution is 2.43. The molecule has 0 heterocycles. The maximum absolute atomic E-state index is 6.48. The fraction of sp³-hybridized carbons (Fsp3) is 0.760. The summed E-state index contributed by atoms with van der Waals surface area (Å²) < 4.78 is 6.48. The lowest BCUT2D eigenvalue weighted by atomic mass is 9.69. The fourth-order valence-electron chi connectivity index (χ4n) is 4.01. The molecule has 1 aromatic carbocycles. The summed E-state index contributed by atoms with van der Waals surface area (Å²) in [5.74, 6) is 0.556. The number of hydrogen-bond acceptors (Lipinski definition) is 1. The first kappa shape index (κ1) is 23.2. The van der Waals surface area contributed by atoms with Gasteiger partial charge in [0.05, 0.1) is 12.2 Å². The van der Waals surface area contributed by atoms with Crippen LogP contribution < -0.4 is 0 Å². The number of ether oxygens (including phenoxy) is 1. The molecule has 0 aliphatic carbocycles. The topological polar surface area (TPSA) is 9.23 Å². The zero-order valence-electron chi connectivity index (χ0n) is 19.0. The van der Waals surface area contributed by atoms with E-state index in [0.717, 1.165) is 25.9 Å². The van der Waals surface area contributed by atoms with Crippen molar-refractivity contribution in [1.29, 1.82) is 0 Å². The average molecular weight is 361 g/mol. The van der Waals surface area contributed by atoms with Crippen LogP contribution in [0.1, 0.15) is 111 Å². The van der Waals surface area contributed by atoms with Crippen molar-refractivity contribution in [3.05, 3.63) is 35.4 Å². The Morgan fingerprint density at radius 3 is 2.00 bits per heavy atom. The van der Waals surface area contributed by atoms with Crippen molar-refractivity contribution in [2.75, 3.05) is 0 Å². The highest BCUT2D eigenvalue weighted by molar-refractivity contribution is 5.27. The van der Waals surface area contributed by atoms with Gasteiger partial charge in [-0.2, -0.15) is 0 Å². The van der Waals surface area contributed by atoms with E-state index in [9.17, 15) is 0 Å². The van der Waals surface area contributed by atoms with Crippen LogP contribution >= 0.6 is 0 Å². The minimum Gasteiger partial charge on any atom is -0.370 e. The van der Waals surface area contributed by atoms with Crippen LogP contribution in [0.2, 0.25) is 0 Å². The molecule has 0 aromatic heterocycles. The molecule has 0 saturated carbocycles. The molecule has 0 spiro atoms. The number of benzene rings is 1. The van der Waals surface area contributed by atoms with Crippen molar-refractivity contribution in [2.45, 2.75) is 113 Å². The van der Waals surface area contributed by atoms with Crippen molar-refractivity contribution < 1.29 is 4.74 Å². The van der Waals surface area contributed by atoms with Crippen molar-refractivity contribution in [1.82, 2.24) is 0 Å². The summed E-state index contributed by atoms with van der Waals surface area (Å²) in [6.45, 7) is 21.6.